The number of ether oxygens (including phenoxy) is 1. The lowest BCUT2D eigenvalue weighted by molar-refractivity contribution is -0.153. The van der Waals surface area contributed by atoms with Crippen molar-refractivity contribution in [2.24, 2.45) is 11.8 Å². The van der Waals surface area contributed by atoms with E-state index in [1.54, 1.807) is 31.0 Å². The van der Waals surface area contributed by atoms with E-state index >= 15 is 0 Å². The Morgan fingerprint density at radius 1 is 1.23 bits per heavy atom. The van der Waals surface area contributed by atoms with Crippen LogP contribution in [0.1, 0.15) is 45.4 Å². The number of aliphatic hydroxyl groups excluding tert-OH is 1. The molecule has 1 spiro atoms. The van der Waals surface area contributed by atoms with Crippen LogP contribution in [0, 0.1) is 11.8 Å². The molecule has 194 valence electrons. The fraction of sp³-hybridized carbons (Fsp3) is 0.731. The van der Waals surface area contributed by atoms with Gasteiger partial charge in [-0.25, -0.2) is 0 Å². The van der Waals surface area contributed by atoms with E-state index in [0.29, 0.717) is 19.5 Å². The van der Waals surface area contributed by atoms with Gasteiger partial charge in [0.15, 0.2) is 0 Å². The van der Waals surface area contributed by atoms with Crippen LogP contribution in [-0.2, 0) is 19.1 Å². The topological polar surface area (TPSA) is 90.4 Å². The third kappa shape index (κ3) is 4.17. The van der Waals surface area contributed by atoms with Gasteiger partial charge in [-0.3, -0.25) is 14.4 Å². The van der Waals surface area contributed by atoms with Gasteiger partial charge in [0.2, 0.25) is 17.7 Å². The van der Waals surface area contributed by atoms with Crippen molar-refractivity contribution >= 4 is 33.7 Å². The van der Waals surface area contributed by atoms with Gasteiger partial charge in [0.05, 0.1) is 30.6 Å². The van der Waals surface area contributed by atoms with Gasteiger partial charge in [-0.15, -0.1) is 13.2 Å². The van der Waals surface area contributed by atoms with Crippen LogP contribution in [0.25, 0.3) is 0 Å². The first-order valence-electron chi connectivity index (χ1n) is 12.8. The molecule has 3 heterocycles. The molecule has 7 atom stereocenters. The molecular weight excluding hydrogens is 514 g/mol. The number of amides is 3. The van der Waals surface area contributed by atoms with Crippen LogP contribution < -0.4 is 0 Å². The smallest absolute Gasteiger partial charge is 0.248 e. The number of alkyl halides is 1. The molecule has 0 aromatic carbocycles. The largest absolute Gasteiger partial charge is 0.394 e. The second-order valence-corrected chi connectivity index (χ2v) is 11.7. The minimum absolute atomic E-state index is 0.0839. The van der Waals surface area contributed by atoms with E-state index in [1.807, 2.05) is 4.90 Å². The number of carbonyl (C=O) groups excluding carboxylic acids is 3. The predicted molar refractivity (Wildman–Crippen MR) is 136 cm³/mol. The molecule has 1 aliphatic carbocycles. The Morgan fingerprint density at radius 2 is 1.89 bits per heavy atom. The number of rotatable bonds is 9. The van der Waals surface area contributed by atoms with Crippen molar-refractivity contribution in [2.75, 3.05) is 26.7 Å². The van der Waals surface area contributed by atoms with Crippen molar-refractivity contribution in [3.05, 3.63) is 25.3 Å². The molecule has 3 amide bonds. The minimum atomic E-state index is -1.11. The number of aliphatic hydroxyl groups is 1. The van der Waals surface area contributed by atoms with E-state index < -0.39 is 35.6 Å². The summed E-state index contributed by atoms with van der Waals surface area (Å²) < 4.78 is 6.57. The highest BCUT2D eigenvalue weighted by molar-refractivity contribution is 9.09. The SMILES string of the molecule is C=CCN(C)C(=O)[C@H]1[C@@H]2OC3(CC2Br)C(C(=O)N(CC=C)C2CCCCC2)N([C@H](C)CO)C(=O)[C@H]13. The van der Waals surface area contributed by atoms with E-state index in [1.165, 1.54) is 4.90 Å². The predicted octanol–water partition coefficient (Wildman–Crippen LogP) is 2.11. The maximum Gasteiger partial charge on any atom is 0.248 e. The van der Waals surface area contributed by atoms with Gasteiger partial charge < -0.3 is 24.5 Å². The highest BCUT2D eigenvalue weighted by Gasteiger charge is 2.77. The quantitative estimate of drug-likeness (QED) is 0.350. The van der Waals surface area contributed by atoms with Crippen LogP contribution in [0.3, 0.4) is 0 Å². The van der Waals surface area contributed by atoms with Crippen LogP contribution in [-0.4, -0.2) is 98.9 Å². The minimum Gasteiger partial charge on any atom is -0.394 e. The number of hydrogen-bond donors (Lipinski definition) is 1. The normalized spacial score (nSPS) is 35.0. The van der Waals surface area contributed by atoms with Gasteiger partial charge in [0.25, 0.3) is 0 Å². The molecule has 9 heteroatoms. The molecule has 35 heavy (non-hydrogen) atoms. The van der Waals surface area contributed by atoms with E-state index in [0.717, 1.165) is 32.1 Å². The number of halogens is 1. The summed E-state index contributed by atoms with van der Waals surface area (Å²) in [6.07, 6.45) is 8.47. The van der Waals surface area contributed by atoms with E-state index in [-0.39, 0.29) is 35.2 Å². The molecular formula is C26H38BrN3O5. The molecule has 3 saturated heterocycles. The van der Waals surface area contributed by atoms with E-state index in [9.17, 15) is 19.5 Å². The van der Waals surface area contributed by atoms with Crippen molar-refractivity contribution in [3.8, 4) is 0 Å². The molecule has 8 nitrogen and oxygen atoms in total. The molecule has 0 aromatic rings. The fourth-order valence-corrected chi connectivity index (χ4v) is 7.78. The molecule has 4 fully saturated rings. The average molecular weight is 553 g/mol. The second kappa shape index (κ2) is 10.3. The lowest BCUT2D eigenvalue weighted by atomic mass is 9.70. The Morgan fingerprint density at radius 3 is 2.49 bits per heavy atom. The summed E-state index contributed by atoms with van der Waals surface area (Å²) in [6.45, 7) is 9.81. The lowest BCUT2D eigenvalue weighted by Gasteiger charge is -2.42. The molecule has 0 radical (unpaired) electrons. The first-order valence-corrected chi connectivity index (χ1v) is 13.7. The second-order valence-electron chi connectivity index (χ2n) is 10.5. The summed E-state index contributed by atoms with van der Waals surface area (Å²) >= 11 is 3.70. The summed E-state index contributed by atoms with van der Waals surface area (Å²) in [6, 6.07) is -1.39. The molecule has 4 aliphatic rings. The zero-order chi connectivity index (χ0) is 25.5. The Hall–Kier alpha value is -1.71. The number of likely N-dealkylation sites (N-methyl/N-ethyl adjacent to an activating group) is 1. The molecule has 3 unspecified atom stereocenters. The maximum absolute atomic E-state index is 14.4. The number of likely N-dealkylation sites (tertiary alicyclic amines) is 1. The molecule has 3 aliphatic heterocycles. The third-order valence-electron chi connectivity index (χ3n) is 8.39. The maximum atomic E-state index is 14.4. The van der Waals surface area contributed by atoms with Gasteiger partial charge in [0, 0.05) is 31.0 Å². The van der Waals surface area contributed by atoms with Crippen molar-refractivity contribution in [1.82, 2.24) is 14.7 Å². The van der Waals surface area contributed by atoms with Gasteiger partial charge >= 0.3 is 0 Å². The molecule has 0 aromatic heterocycles. The van der Waals surface area contributed by atoms with Gasteiger partial charge in [-0.05, 0) is 26.2 Å². The first kappa shape index (κ1) is 26.4. The van der Waals surface area contributed by atoms with Crippen LogP contribution in [0.2, 0.25) is 0 Å². The van der Waals surface area contributed by atoms with Crippen LogP contribution in [0.5, 0.6) is 0 Å². The van der Waals surface area contributed by atoms with E-state index in [4.69, 9.17) is 4.74 Å². The van der Waals surface area contributed by atoms with Crippen LogP contribution in [0.15, 0.2) is 25.3 Å². The zero-order valence-corrected chi connectivity index (χ0v) is 22.4. The Labute approximate surface area is 216 Å². The number of carbonyl (C=O) groups is 3. The van der Waals surface area contributed by atoms with Crippen molar-refractivity contribution < 1.29 is 24.2 Å². The average Bonchev–Trinajstić information content (AvgIpc) is 3.45. The Kier molecular flexibility index (Phi) is 7.79. The first-order chi connectivity index (χ1) is 16.7. The monoisotopic (exact) mass is 551 g/mol. The van der Waals surface area contributed by atoms with Gasteiger partial charge in [-0.1, -0.05) is 47.3 Å². The number of hydrogen-bond acceptors (Lipinski definition) is 5. The highest BCUT2D eigenvalue weighted by atomic mass is 79.9. The van der Waals surface area contributed by atoms with Gasteiger partial charge in [0.1, 0.15) is 11.6 Å². The third-order valence-corrected chi connectivity index (χ3v) is 9.23. The molecule has 2 bridgehead atoms. The lowest BCUT2D eigenvalue weighted by Crippen LogP contribution is -2.60. The number of nitrogens with zero attached hydrogens (tertiary/aromatic N) is 3. The van der Waals surface area contributed by atoms with Crippen molar-refractivity contribution in [1.29, 1.82) is 0 Å². The molecule has 1 N–H and O–H groups in total. The summed E-state index contributed by atoms with van der Waals surface area (Å²) in [5, 5.41) is 10.0. The van der Waals surface area contributed by atoms with Crippen molar-refractivity contribution in [3.63, 3.8) is 0 Å². The Balaban J connectivity index is 1.76. The fourth-order valence-electron chi connectivity index (χ4n) is 6.84. The summed E-state index contributed by atoms with van der Waals surface area (Å²) in [7, 11) is 1.69. The highest BCUT2D eigenvalue weighted by Crippen LogP contribution is 2.60. The van der Waals surface area contributed by atoms with Crippen LogP contribution in [0.4, 0.5) is 0 Å². The van der Waals surface area contributed by atoms with Crippen molar-refractivity contribution in [2.45, 2.75) is 80.1 Å². The standard InChI is InChI=1S/C26H38BrN3O5/c1-5-12-28(4)23(32)19-20-24(33)30(16(3)15-31)22(26(20)14-18(27)21(19)35-26)25(34)29(13-6-2)17-10-8-7-9-11-17/h5-6,16-22,31H,1-2,7-15H2,3-4H3/t16-,18?,19-,20+,21-,22?,26?/m1/s1. The summed E-state index contributed by atoms with van der Waals surface area (Å²) in [4.78, 5) is 46.6. The number of fused-ring (bicyclic) bond motifs is 1. The summed E-state index contributed by atoms with van der Waals surface area (Å²) in [5.41, 5.74) is -1.11. The van der Waals surface area contributed by atoms with E-state index in [2.05, 4.69) is 29.1 Å². The van der Waals surface area contributed by atoms with Crippen LogP contribution >= 0.6 is 15.9 Å². The summed E-state index contributed by atoms with van der Waals surface area (Å²) in [5.74, 6) is -2.08. The molecule has 1 saturated carbocycles. The molecule has 4 rings (SSSR count). The Bertz CT molecular complexity index is 877. The zero-order valence-electron chi connectivity index (χ0n) is 20.8. The van der Waals surface area contributed by atoms with Gasteiger partial charge in [-0.2, -0.15) is 0 Å².